The number of aromatic nitrogens is 3. The van der Waals surface area contributed by atoms with Gasteiger partial charge in [0.1, 0.15) is 10.8 Å². The molecule has 2 heterocycles. The van der Waals surface area contributed by atoms with Gasteiger partial charge in [0.25, 0.3) is 0 Å². The number of rotatable bonds is 5. The fourth-order valence-corrected chi connectivity index (χ4v) is 3.61. The van der Waals surface area contributed by atoms with Gasteiger partial charge in [0.05, 0.1) is 27.7 Å². The third kappa shape index (κ3) is 4.00. The molecule has 28 heavy (non-hydrogen) atoms. The molecule has 0 unspecified atom stereocenters. The first kappa shape index (κ1) is 18.5. The molecule has 0 spiro atoms. The second kappa shape index (κ2) is 8.00. The van der Waals surface area contributed by atoms with E-state index in [0.29, 0.717) is 21.4 Å². The molecule has 0 saturated carbocycles. The van der Waals surface area contributed by atoms with Gasteiger partial charge in [-0.1, -0.05) is 35.5 Å². The van der Waals surface area contributed by atoms with Gasteiger partial charge in [-0.3, -0.25) is 4.79 Å². The summed E-state index contributed by atoms with van der Waals surface area (Å²) in [6.45, 7) is 0. The number of fused-ring (bicyclic) bond motifs is 1. The van der Waals surface area contributed by atoms with Crippen LogP contribution < -0.4 is 5.32 Å². The normalized spacial score (nSPS) is 10.9. The Morgan fingerprint density at radius 1 is 1.18 bits per heavy atom. The van der Waals surface area contributed by atoms with Crippen molar-refractivity contribution in [3.63, 3.8) is 0 Å². The number of halogens is 2. The minimum Gasteiger partial charge on any atom is -0.324 e. The molecule has 0 aliphatic rings. The molecule has 4 rings (SSSR count). The van der Waals surface area contributed by atoms with Crippen LogP contribution in [0, 0.1) is 5.82 Å². The number of hydrogen-bond acceptors (Lipinski definition) is 4. The van der Waals surface area contributed by atoms with Crippen molar-refractivity contribution in [2.75, 3.05) is 11.1 Å². The van der Waals surface area contributed by atoms with Gasteiger partial charge in [-0.05, 0) is 42.5 Å². The number of anilines is 1. The average molecular weight is 413 g/mol. The molecule has 2 aromatic heterocycles. The molecule has 140 valence electrons. The van der Waals surface area contributed by atoms with Crippen LogP contribution in [0.25, 0.3) is 16.8 Å². The molecule has 0 aliphatic carbocycles. The highest BCUT2D eigenvalue weighted by molar-refractivity contribution is 8.00. The summed E-state index contributed by atoms with van der Waals surface area (Å²) < 4.78 is 14.8. The first-order valence-corrected chi connectivity index (χ1v) is 9.74. The van der Waals surface area contributed by atoms with Crippen LogP contribution in [-0.4, -0.2) is 26.3 Å². The van der Waals surface area contributed by atoms with Gasteiger partial charge in [-0.2, -0.15) is 5.10 Å². The van der Waals surface area contributed by atoms with E-state index in [1.54, 1.807) is 53.3 Å². The molecule has 0 aliphatic heterocycles. The molecule has 0 atom stereocenters. The van der Waals surface area contributed by atoms with E-state index in [0.717, 1.165) is 11.1 Å². The van der Waals surface area contributed by atoms with E-state index in [-0.39, 0.29) is 17.5 Å². The first-order valence-electron chi connectivity index (χ1n) is 8.38. The van der Waals surface area contributed by atoms with Crippen LogP contribution in [0.4, 0.5) is 10.1 Å². The number of nitrogens with zero attached hydrogens (tertiary/aromatic N) is 3. The predicted molar refractivity (Wildman–Crippen MR) is 109 cm³/mol. The Morgan fingerprint density at radius 2 is 1.96 bits per heavy atom. The summed E-state index contributed by atoms with van der Waals surface area (Å²) in [5, 5.41) is 8.46. The highest BCUT2D eigenvalue weighted by Gasteiger charge is 2.12. The monoisotopic (exact) mass is 412 g/mol. The van der Waals surface area contributed by atoms with Crippen LogP contribution >= 0.6 is 23.4 Å². The molecule has 4 aromatic rings. The molecule has 0 saturated heterocycles. The van der Waals surface area contributed by atoms with Crippen LogP contribution in [0.15, 0.2) is 72.0 Å². The zero-order valence-electron chi connectivity index (χ0n) is 14.5. The predicted octanol–water partition coefficient (Wildman–Crippen LogP) is 4.92. The fraction of sp³-hybridized carbons (Fsp3) is 0.0500. The van der Waals surface area contributed by atoms with Gasteiger partial charge < -0.3 is 5.32 Å². The standard InChI is InChI=1S/C20H14ClFN4OS/c21-15-3-1-2-4-16(15)24-19(27)12-28-20-18-11-17(25-26(18)10-9-23-20)13-5-7-14(22)8-6-13/h1-11H,12H2,(H,24,27). The molecule has 1 amide bonds. The second-order valence-electron chi connectivity index (χ2n) is 5.92. The summed E-state index contributed by atoms with van der Waals surface area (Å²) in [4.78, 5) is 16.6. The van der Waals surface area contributed by atoms with Gasteiger partial charge in [-0.15, -0.1) is 0 Å². The van der Waals surface area contributed by atoms with Crippen molar-refractivity contribution in [2.24, 2.45) is 0 Å². The van der Waals surface area contributed by atoms with Crippen LogP contribution in [0.2, 0.25) is 5.02 Å². The Bertz CT molecular complexity index is 1150. The third-order valence-electron chi connectivity index (χ3n) is 3.98. The van der Waals surface area contributed by atoms with Crippen molar-refractivity contribution in [3.05, 3.63) is 77.8 Å². The Morgan fingerprint density at radius 3 is 2.75 bits per heavy atom. The molecule has 0 radical (unpaired) electrons. The van der Waals surface area contributed by atoms with Crippen molar-refractivity contribution in [3.8, 4) is 11.3 Å². The zero-order chi connectivity index (χ0) is 19.5. The maximum atomic E-state index is 13.1. The van der Waals surface area contributed by atoms with Crippen LogP contribution in [-0.2, 0) is 4.79 Å². The largest absolute Gasteiger partial charge is 0.324 e. The highest BCUT2D eigenvalue weighted by Crippen LogP contribution is 2.27. The van der Waals surface area contributed by atoms with Crippen LogP contribution in [0.3, 0.4) is 0 Å². The smallest absolute Gasteiger partial charge is 0.234 e. The van der Waals surface area contributed by atoms with E-state index >= 15 is 0 Å². The van der Waals surface area contributed by atoms with E-state index in [4.69, 9.17) is 11.6 Å². The van der Waals surface area contributed by atoms with Crippen LogP contribution in [0.1, 0.15) is 0 Å². The number of amides is 1. The summed E-state index contributed by atoms with van der Waals surface area (Å²) in [7, 11) is 0. The van der Waals surface area contributed by atoms with E-state index < -0.39 is 0 Å². The lowest BCUT2D eigenvalue weighted by Crippen LogP contribution is -2.14. The lowest BCUT2D eigenvalue weighted by atomic mass is 10.1. The summed E-state index contributed by atoms with van der Waals surface area (Å²) in [6, 6.07) is 15.1. The Balaban J connectivity index is 1.51. The minimum absolute atomic E-state index is 0.176. The first-order chi connectivity index (χ1) is 13.6. The van der Waals surface area contributed by atoms with Gasteiger partial charge in [-0.25, -0.2) is 13.9 Å². The van der Waals surface area contributed by atoms with E-state index in [1.807, 2.05) is 6.07 Å². The van der Waals surface area contributed by atoms with Crippen molar-refractivity contribution >= 4 is 40.5 Å². The Hall–Kier alpha value is -2.90. The fourth-order valence-electron chi connectivity index (χ4n) is 2.65. The Labute approximate surface area is 169 Å². The summed E-state index contributed by atoms with van der Waals surface area (Å²) in [5.41, 5.74) is 2.86. The summed E-state index contributed by atoms with van der Waals surface area (Å²) in [5.74, 6) is -0.301. The second-order valence-corrected chi connectivity index (χ2v) is 7.29. The van der Waals surface area contributed by atoms with Crippen molar-refractivity contribution in [2.45, 2.75) is 5.03 Å². The third-order valence-corrected chi connectivity index (χ3v) is 5.31. The topological polar surface area (TPSA) is 59.3 Å². The van der Waals surface area contributed by atoms with E-state index in [2.05, 4.69) is 15.4 Å². The minimum atomic E-state index is -0.296. The van der Waals surface area contributed by atoms with Gasteiger partial charge >= 0.3 is 0 Å². The number of thioether (sulfide) groups is 1. The van der Waals surface area contributed by atoms with Gasteiger partial charge in [0, 0.05) is 18.0 Å². The lowest BCUT2D eigenvalue weighted by Gasteiger charge is -2.07. The number of carbonyl (C=O) groups is 1. The van der Waals surface area contributed by atoms with Gasteiger partial charge in [0.15, 0.2) is 0 Å². The average Bonchev–Trinajstić information content (AvgIpc) is 3.13. The van der Waals surface area contributed by atoms with Crippen LogP contribution in [0.5, 0.6) is 0 Å². The highest BCUT2D eigenvalue weighted by atomic mass is 35.5. The van der Waals surface area contributed by atoms with E-state index in [9.17, 15) is 9.18 Å². The number of benzene rings is 2. The number of hydrogen-bond donors (Lipinski definition) is 1. The van der Waals surface area contributed by atoms with Crippen molar-refractivity contribution in [1.82, 2.24) is 14.6 Å². The summed E-state index contributed by atoms with van der Waals surface area (Å²) in [6.07, 6.45) is 3.36. The molecular formula is C20H14ClFN4OS. The zero-order valence-corrected chi connectivity index (χ0v) is 16.0. The maximum Gasteiger partial charge on any atom is 0.234 e. The Kier molecular flexibility index (Phi) is 5.27. The quantitative estimate of drug-likeness (QED) is 0.473. The summed E-state index contributed by atoms with van der Waals surface area (Å²) >= 11 is 7.37. The van der Waals surface area contributed by atoms with Gasteiger partial charge in [0.2, 0.25) is 5.91 Å². The van der Waals surface area contributed by atoms with Crippen molar-refractivity contribution in [1.29, 1.82) is 0 Å². The lowest BCUT2D eigenvalue weighted by molar-refractivity contribution is -0.113. The molecule has 0 fully saturated rings. The van der Waals surface area contributed by atoms with E-state index in [1.165, 1.54) is 23.9 Å². The molecule has 8 heteroatoms. The SMILES string of the molecule is O=C(CSc1nccn2nc(-c3ccc(F)cc3)cc12)Nc1ccccc1Cl. The van der Waals surface area contributed by atoms with Crippen molar-refractivity contribution < 1.29 is 9.18 Å². The molecule has 0 bridgehead atoms. The number of carbonyl (C=O) groups excluding carboxylic acids is 1. The molecular weight excluding hydrogens is 399 g/mol. The maximum absolute atomic E-state index is 13.1. The molecule has 1 N–H and O–H groups in total. The molecule has 5 nitrogen and oxygen atoms in total. The number of para-hydroxylation sites is 1. The number of nitrogens with one attached hydrogen (secondary N) is 1. The molecule has 2 aromatic carbocycles.